The number of hydrogen-bond donors (Lipinski definition) is 5. The molecule has 0 aromatic heterocycles. The maximum Gasteiger partial charge on any atom is 0.328 e. The van der Waals surface area contributed by atoms with Crippen molar-refractivity contribution in [1.29, 1.82) is 0 Å². The molecule has 0 bridgehead atoms. The lowest BCUT2D eigenvalue weighted by atomic mass is 10.0. The van der Waals surface area contributed by atoms with E-state index in [2.05, 4.69) is 0 Å². The first-order chi connectivity index (χ1) is 22.5. The highest BCUT2D eigenvalue weighted by Gasteiger charge is 2.44. The van der Waals surface area contributed by atoms with Crippen LogP contribution in [0, 0.1) is 29.2 Å². The Hall–Kier alpha value is -5.58. The normalized spacial score (nSPS) is 17.2. The predicted molar refractivity (Wildman–Crippen MR) is 157 cm³/mol. The molecule has 2 aromatic carbocycles. The molecule has 0 unspecified atom stereocenters. The Morgan fingerprint density at radius 1 is 0.792 bits per heavy atom. The van der Waals surface area contributed by atoms with Gasteiger partial charge in [-0.25, -0.2) is 36.7 Å². The lowest BCUT2D eigenvalue weighted by molar-refractivity contribution is -0.134. The summed E-state index contributed by atoms with van der Waals surface area (Å²) in [6.45, 7) is 1.36. The first-order valence-corrected chi connectivity index (χ1v) is 14.0. The van der Waals surface area contributed by atoms with Gasteiger partial charge in [0.05, 0.1) is 6.04 Å². The lowest BCUT2D eigenvalue weighted by Gasteiger charge is -2.26. The van der Waals surface area contributed by atoms with E-state index >= 15 is 0 Å². The molecule has 0 aliphatic carbocycles. The summed E-state index contributed by atoms with van der Waals surface area (Å²) in [5, 5.41) is 31.2. The molecule has 6 N–H and O–H groups in total. The Kier molecular flexibility index (Phi) is 14.4. The molecule has 13 nitrogen and oxygen atoms in total. The summed E-state index contributed by atoms with van der Waals surface area (Å²) in [5.74, 6) is -9.26. The maximum atomic E-state index is 13.9. The molecule has 0 spiro atoms. The summed E-state index contributed by atoms with van der Waals surface area (Å²) in [7, 11) is 0. The van der Waals surface area contributed by atoms with Gasteiger partial charge in [0.15, 0.2) is 11.6 Å². The van der Waals surface area contributed by atoms with Gasteiger partial charge in [0.1, 0.15) is 11.6 Å². The minimum Gasteiger partial charge on any atom is -0.478 e. The van der Waals surface area contributed by atoms with Crippen LogP contribution in [0.4, 0.5) is 17.6 Å². The molecule has 258 valence electrons. The quantitative estimate of drug-likeness (QED) is 0.147. The van der Waals surface area contributed by atoms with Crippen molar-refractivity contribution in [3.63, 3.8) is 0 Å². The van der Waals surface area contributed by atoms with Gasteiger partial charge in [-0.15, -0.1) is 0 Å². The molecule has 48 heavy (non-hydrogen) atoms. The van der Waals surface area contributed by atoms with E-state index in [-0.39, 0.29) is 47.7 Å². The van der Waals surface area contributed by atoms with Gasteiger partial charge in [-0.2, -0.15) is 0 Å². The van der Waals surface area contributed by atoms with E-state index in [1.165, 1.54) is 18.2 Å². The fourth-order valence-electron chi connectivity index (χ4n) is 4.94. The standard InChI is InChI=1S/C23H23F4N3O2.2C4H4O4/c24-16-3-1-2-13(6-16)23(32)29-11-14-4-5-30(21(14)12-29)22(31)9-17(28)7-15-8-19(26)20(27)10-18(15)25;2*5-3(6)1-2-4(7)8/h1-3,6,8,10,14,17,21H,4-5,7,9,11-12,28H2;2*1-2H,(H,5,6)(H,7,8)/b;2*2-1+/t14-,17+,21+;;/m0../s1. The molecule has 0 radical (unpaired) electrons. The summed E-state index contributed by atoms with van der Waals surface area (Å²) in [6, 6.07) is 5.78. The smallest absolute Gasteiger partial charge is 0.328 e. The first kappa shape index (κ1) is 38.6. The highest BCUT2D eigenvalue weighted by Crippen LogP contribution is 2.33. The SMILES string of the molecule is N[C@@H](CC(=O)N1CC[C@H]2CN(C(=O)c3cccc(F)c3)C[C@H]21)Cc1cc(F)c(F)cc1F.O=C(O)/C=C/C(=O)O.O=C(O)/C=C/C(=O)O. The van der Waals surface area contributed by atoms with Crippen molar-refractivity contribution in [2.75, 3.05) is 19.6 Å². The Morgan fingerprint density at radius 3 is 1.85 bits per heavy atom. The monoisotopic (exact) mass is 681 g/mol. The zero-order chi connectivity index (χ0) is 36.1. The van der Waals surface area contributed by atoms with E-state index in [1.54, 1.807) is 15.9 Å². The lowest BCUT2D eigenvalue weighted by Crippen LogP contribution is -2.43. The van der Waals surface area contributed by atoms with Crippen LogP contribution < -0.4 is 5.73 Å². The minimum atomic E-state index is -1.28. The molecule has 0 saturated carbocycles. The van der Waals surface area contributed by atoms with Crippen molar-refractivity contribution in [3.05, 3.63) is 95.1 Å². The van der Waals surface area contributed by atoms with Crippen molar-refractivity contribution in [2.45, 2.75) is 31.3 Å². The number of carboxylic acids is 4. The average molecular weight is 682 g/mol. The van der Waals surface area contributed by atoms with Gasteiger partial charge in [-0.3, -0.25) is 9.59 Å². The van der Waals surface area contributed by atoms with Crippen LogP contribution in [0.25, 0.3) is 0 Å². The zero-order valence-corrected chi connectivity index (χ0v) is 25.0. The van der Waals surface area contributed by atoms with Gasteiger partial charge in [0, 0.05) is 73.9 Å². The topological polar surface area (TPSA) is 216 Å². The van der Waals surface area contributed by atoms with Crippen LogP contribution in [0.2, 0.25) is 0 Å². The number of nitrogens with zero attached hydrogens (tertiary/aromatic N) is 2. The summed E-state index contributed by atoms with van der Waals surface area (Å²) < 4.78 is 53.8. The highest BCUT2D eigenvalue weighted by atomic mass is 19.2. The summed E-state index contributed by atoms with van der Waals surface area (Å²) in [6.07, 6.45) is 2.77. The van der Waals surface area contributed by atoms with E-state index in [0.717, 1.165) is 12.5 Å². The Bertz CT molecular complexity index is 1530. The van der Waals surface area contributed by atoms with E-state index < -0.39 is 53.2 Å². The van der Waals surface area contributed by atoms with Gasteiger partial charge in [0.2, 0.25) is 5.91 Å². The van der Waals surface area contributed by atoms with Crippen LogP contribution in [-0.2, 0) is 30.4 Å². The first-order valence-electron chi connectivity index (χ1n) is 14.0. The molecule has 17 heteroatoms. The van der Waals surface area contributed by atoms with Crippen molar-refractivity contribution in [1.82, 2.24) is 9.80 Å². The zero-order valence-electron chi connectivity index (χ0n) is 25.0. The molecule has 2 fully saturated rings. The molecule has 2 aromatic rings. The Morgan fingerprint density at radius 2 is 1.33 bits per heavy atom. The second kappa shape index (κ2) is 17.9. The van der Waals surface area contributed by atoms with Crippen molar-refractivity contribution < 1.29 is 66.8 Å². The fraction of sp³-hybridized carbons (Fsp3) is 0.290. The molecule has 2 aliphatic heterocycles. The van der Waals surface area contributed by atoms with Crippen molar-refractivity contribution in [3.8, 4) is 0 Å². The van der Waals surface area contributed by atoms with E-state index in [1.807, 2.05) is 0 Å². The molecule has 4 rings (SSSR count). The number of likely N-dealkylation sites (tertiary alicyclic amines) is 2. The second-order valence-electron chi connectivity index (χ2n) is 10.5. The van der Waals surface area contributed by atoms with Crippen LogP contribution in [0.1, 0.15) is 28.8 Å². The highest BCUT2D eigenvalue weighted by molar-refractivity contribution is 5.94. The number of carbonyl (C=O) groups is 6. The number of benzene rings is 2. The molecular weight excluding hydrogens is 650 g/mol. The fourth-order valence-corrected chi connectivity index (χ4v) is 4.94. The van der Waals surface area contributed by atoms with Gasteiger partial charge in [-0.05, 0) is 42.7 Å². The third kappa shape index (κ3) is 12.3. The van der Waals surface area contributed by atoms with E-state index in [9.17, 15) is 46.3 Å². The van der Waals surface area contributed by atoms with Crippen LogP contribution in [-0.4, -0.2) is 97.6 Å². The summed E-state index contributed by atoms with van der Waals surface area (Å²) >= 11 is 0. The number of nitrogens with two attached hydrogens (primary N) is 1. The average Bonchev–Trinajstić information content (AvgIpc) is 3.59. The van der Waals surface area contributed by atoms with Gasteiger partial charge in [0.25, 0.3) is 5.91 Å². The number of aliphatic carboxylic acids is 4. The van der Waals surface area contributed by atoms with Gasteiger partial charge >= 0.3 is 23.9 Å². The Labute approximate surface area is 270 Å². The third-order valence-electron chi connectivity index (χ3n) is 6.97. The van der Waals surface area contributed by atoms with Crippen LogP contribution in [0.3, 0.4) is 0 Å². The molecule has 3 atom stereocenters. The van der Waals surface area contributed by atoms with Crippen LogP contribution >= 0.6 is 0 Å². The number of carboxylic acid groups (broad SMARTS) is 4. The van der Waals surface area contributed by atoms with Crippen LogP contribution in [0.15, 0.2) is 60.7 Å². The maximum absolute atomic E-state index is 13.9. The molecule has 2 heterocycles. The van der Waals surface area contributed by atoms with Gasteiger partial charge in [-0.1, -0.05) is 6.07 Å². The predicted octanol–water partition coefficient (Wildman–Crippen LogP) is 2.30. The van der Waals surface area contributed by atoms with Crippen LogP contribution in [0.5, 0.6) is 0 Å². The second-order valence-corrected chi connectivity index (χ2v) is 10.5. The number of rotatable bonds is 9. The molecular formula is C31H31F4N3O10. The summed E-state index contributed by atoms with van der Waals surface area (Å²) in [4.78, 5) is 67.1. The number of carbonyl (C=O) groups excluding carboxylic acids is 2. The van der Waals surface area contributed by atoms with E-state index in [0.29, 0.717) is 50.0 Å². The number of fused-ring (bicyclic) bond motifs is 1. The minimum absolute atomic E-state index is 0.0838. The number of halogens is 4. The molecule has 2 amide bonds. The largest absolute Gasteiger partial charge is 0.478 e. The van der Waals surface area contributed by atoms with E-state index in [4.69, 9.17) is 26.2 Å². The number of amides is 2. The third-order valence-corrected chi connectivity index (χ3v) is 6.97. The van der Waals surface area contributed by atoms with Gasteiger partial charge < -0.3 is 36.0 Å². The van der Waals surface area contributed by atoms with Crippen molar-refractivity contribution >= 4 is 35.7 Å². The molecule has 2 saturated heterocycles. The van der Waals surface area contributed by atoms with Crippen molar-refractivity contribution in [2.24, 2.45) is 11.7 Å². The summed E-state index contributed by atoms with van der Waals surface area (Å²) in [5.41, 5.74) is 6.18. The Balaban J connectivity index is 0.000000414. The number of hydrogen-bond acceptors (Lipinski definition) is 7. The molecule has 2 aliphatic rings.